The number of aryl methyl sites for hydroxylation is 1. The monoisotopic (exact) mass is 544 g/mol. The molecule has 0 bridgehead atoms. The Morgan fingerprint density at radius 3 is 1.44 bits per heavy atom. The highest BCUT2D eigenvalue weighted by Gasteiger charge is 2.75. The van der Waals surface area contributed by atoms with Crippen LogP contribution in [0.1, 0.15) is 50.1 Å². The van der Waals surface area contributed by atoms with E-state index in [-0.39, 0.29) is 39.3 Å². The molecule has 0 saturated heterocycles. The van der Waals surface area contributed by atoms with Gasteiger partial charge in [-0.25, -0.2) is 4.98 Å². The van der Waals surface area contributed by atoms with E-state index in [0.29, 0.717) is 41.3 Å². The molecule has 0 spiro atoms. The maximum absolute atomic E-state index is 13.9. The van der Waals surface area contributed by atoms with E-state index in [4.69, 9.17) is 23.9 Å². The standard InChI is InChI=1S/C29H40N2O8/c1-9-15-31(16-10-2)23-19(7)21-17-28(24(32)36-11-3,25(33)37-12-4)29(26(34)38-13-5,27(35)39-14-6)18-22(21)20(8)30-23/h9-10H,1-2,11-18H2,3-8H3. The number of aromatic nitrogens is 1. The summed E-state index contributed by atoms with van der Waals surface area (Å²) in [5.41, 5.74) is -2.43. The molecule has 10 nitrogen and oxygen atoms in total. The van der Waals surface area contributed by atoms with Crippen molar-refractivity contribution in [3.63, 3.8) is 0 Å². The molecular weight excluding hydrogens is 504 g/mol. The smallest absolute Gasteiger partial charge is 0.325 e. The van der Waals surface area contributed by atoms with Crippen LogP contribution in [0.25, 0.3) is 0 Å². The second-order valence-corrected chi connectivity index (χ2v) is 9.13. The van der Waals surface area contributed by atoms with Crippen LogP contribution in [0.2, 0.25) is 0 Å². The Morgan fingerprint density at radius 2 is 1.10 bits per heavy atom. The van der Waals surface area contributed by atoms with Crippen molar-refractivity contribution in [1.82, 2.24) is 4.98 Å². The Kier molecular flexibility index (Phi) is 10.8. The van der Waals surface area contributed by atoms with Crippen LogP contribution in [0.4, 0.5) is 5.82 Å². The molecule has 2 rings (SSSR count). The molecule has 1 aliphatic rings. The molecule has 0 atom stereocenters. The summed E-state index contributed by atoms with van der Waals surface area (Å²) in [5.74, 6) is -3.63. The molecule has 0 aromatic carbocycles. The van der Waals surface area contributed by atoms with Crippen molar-refractivity contribution in [3.8, 4) is 0 Å². The van der Waals surface area contributed by atoms with E-state index in [1.807, 2.05) is 11.8 Å². The van der Waals surface area contributed by atoms with Crippen LogP contribution >= 0.6 is 0 Å². The van der Waals surface area contributed by atoms with Crippen molar-refractivity contribution in [2.75, 3.05) is 44.4 Å². The van der Waals surface area contributed by atoms with Crippen LogP contribution in [-0.4, -0.2) is 68.4 Å². The fourth-order valence-electron chi connectivity index (χ4n) is 5.23. The van der Waals surface area contributed by atoms with Crippen molar-refractivity contribution >= 4 is 29.7 Å². The lowest BCUT2D eigenvalue weighted by atomic mass is 9.53. The number of anilines is 1. The molecule has 214 valence electrons. The van der Waals surface area contributed by atoms with Gasteiger partial charge in [-0.05, 0) is 58.2 Å². The average Bonchev–Trinajstić information content (AvgIpc) is 2.90. The maximum Gasteiger partial charge on any atom is 0.325 e. The Morgan fingerprint density at radius 1 is 0.744 bits per heavy atom. The molecule has 0 aliphatic heterocycles. The summed E-state index contributed by atoms with van der Waals surface area (Å²) in [6, 6.07) is 0. The molecule has 0 saturated carbocycles. The Bertz CT molecular complexity index is 1080. The SMILES string of the molecule is C=CCN(CC=C)c1nc(C)c2c(c1C)CC(C(=O)OCC)(C(=O)OCC)C(C(=O)OCC)(C(=O)OCC)C2. The van der Waals surface area contributed by atoms with Gasteiger partial charge in [-0.15, -0.1) is 13.2 Å². The molecule has 0 radical (unpaired) electrons. The fraction of sp³-hybridized carbons (Fsp3) is 0.552. The van der Waals surface area contributed by atoms with Crippen LogP contribution in [0.3, 0.4) is 0 Å². The normalized spacial score (nSPS) is 14.8. The summed E-state index contributed by atoms with van der Waals surface area (Å²) >= 11 is 0. The van der Waals surface area contributed by atoms with Crippen LogP contribution in [-0.2, 0) is 51.0 Å². The molecule has 1 aromatic heterocycles. The van der Waals surface area contributed by atoms with Crippen molar-refractivity contribution in [2.24, 2.45) is 10.8 Å². The van der Waals surface area contributed by atoms with Gasteiger partial charge in [-0.1, -0.05) is 12.2 Å². The Balaban J connectivity index is 3.08. The number of hydrogen-bond donors (Lipinski definition) is 0. The highest BCUT2D eigenvalue weighted by molar-refractivity contribution is 6.15. The highest BCUT2D eigenvalue weighted by Crippen LogP contribution is 2.54. The topological polar surface area (TPSA) is 121 Å². The van der Waals surface area contributed by atoms with E-state index in [1.54, 1.807) is 46.8 Å². The zero-order valence-corrected chi connectivity index (χ0v) is 23.9. The molecule has 0 unspecified atom stereocenters. The lowest BCUT2D eigenvalue weighted by molar-refractivity contribution is -0.204. The van der Waals surface area contributed by atoms with Crippen molar-refractivity contribution < 1.29 is 38.1 Å². The highest BCUT2D eigenvalue weighted by atomic mass is 16.6. The van der Waals surface area contributed by atoms with E-state index in [2.05, 4.69) is 13.2 Å². The minimum atomic E-state index is -2.40. The summed E-state index contributed by atoms with van der Waals surface area (Å²) in [6.45, 7) is 18.1. The minimum absolute atomic E-state index is 0.0954. The Hall–Kier alpha value is -3.69. The second-order valence-electron chi connectivity index (χ2n) is 9.13. The molecule has 0 N–H and O–H groups in total. The van der Waals surface area contributed by atoms with E-state index < -0.39 is 34.7 Å². The first-order valence-corrected chi connectivity index (χ1v) is 13.2. The number of fused-ring (bicyclic) bond motifs is 1. The van der Waals surface area contributed by atoms with Gasteiger partial charge in [0.25, 0.3) is 0 Å². The molecule has 0 amide bonds. The average molecular weight is 545 g/mol. The minimum Gasteiger partial charge on any atom is -0.465 e. The molecule has 10 heteroatoms. The van der Waals surface area contributed by atoms with E-state index in [1.165, 1.54) is 0 Å². The first kappa shape index (κ1) is 31.5. The van der Waals surface area contributed by atoms with Gasteiger partial charge < -0.3 is 23.8 Å². The zero-order valence-electron chi connectivity index (χ0n) is 23.9. The van der Waals surface area contributed by atoms with Gasteiger partial charge >= 0.3 is 23.9 Å². The number of hydrogen-bond acceptors (Lipinski definition) is 10. The number of carbonyl (C=O) groups is 4. The fourth-order valence-corrected chi connectivity index (χ4v) is 5.23. The van der Waals surface area contributed by atoms with Crippen LogP contribution < -0.4 is 4.90 Å². The van der Waals surface area contributed by atoms with Gasteiger partial charge in [0.2, 0.25) is 0 Å². The molecule has 1 aromatic rings. The number of carbonyl (C=O) groups excluding carboxylic acids is 4. The van der Waals surface area contributed by atoms with Crippen LogP contribution in [0.15, 0.2) is 25.3 Å². The predicted octanol–water partition coefficient (Wildman–Crippen LogP) is 3.20. The number of rotatable bonds is 13. The van der Waals surface area contributed by atoms with Gasteiger partial charge in [0.05, 0.1) is 26.4 Å². The van der Waals surface area contributed by atoms with Crippen LogP contribution in [0.5, 0.6) is 0 Å². The van der Waals surface area contributed by atoms with Gasteiger partial charge in [0.1, 0.15) is 5.82 Å². The third-order valence-corrected chi connectivity index (χ3v) is 6.97. The predicted molar refractivity (Wildman–Crippen MR) is 145 cm³/mol. The third kappa shape index (κ3) is 5.42. The number of ether oxygens (including phenoxy) is 4. The number of esters is 4. The largest absolute Gasteiger partial charge is 0.465 e. The summed E-state index contributed by atoms with van der Waals surface area (Å²) < 4.78 is 21.5. The number of nitrogens with zero attached hydrogens (tertiary/aromatic N) is 2. The lowest BCUT2D eigenvalue weighted by Gasteiger charge is -2.47. The summed E-state index contributed by atoms with van der Waals surface area (Å²) in [7, 11) is 0. The molecule has 1 heterocycles. The van der Waals surface area contributed by atoms with Gasteiger partial charge in [-0.2, -0.15) is 0 Å². The van der Waals surface area contributed by atoms with Crippen molar-refractivity contribution in [2.45, 2.75) is 54.4 Å². The summed E-state index contributed by atoms with van der Waals surface area (Å²) in [4.78, 5) is 62.2. The first-order valence-electron chi connectivity index (χ1n) is 13.2. The van der Waals surface area contributed by atoms with E-state index >= 15 is 0 Å². The summed E-state index contributed by atoms with van der Waals surface area (Å²) in [5, 5.41) is 0. The van der Waals surface area contributed by atoms with E-state index in [9.17, 15) is 19.2 Å². The number of pyridine rings is 1. The van der Waals surface area contributed by atoms with Gasteiger partial charge in [0.15, 0.2) is 10.8 Å². The molecule has 39 heavy (non-hydrogen) atoms. The summed E-state index contributed by atoms with van der Waals surface area (Å²) in [6.07, 6.45) is 2.75. The first-order chi connectivity index (χ1) is 18.6. The zero-order chi connectivity index (χ0) is 29.4. The Labute approximate surface area is 230 Å². The molecule has 1 aliphatic carbocycles. The molecular formula is C29H40N2O8. The quantitative estimate of drug-likeness (QED) is 0.158. The van der Waals surface area contributed by atoms with Gasteiger partial charge in [-0.3, -0.25) is 19.2 Å². The van der Waals surface area contributed by atoms with Crippen molar-refractivity contribution in [3.05, 3.63) is 47.7 Å². The molecule has 0 fully saturated rings. The van der Waals surface area contributed by atoms with Gasteiger partial charge in [0, 0.05) is 31.6 Å². The van der Waals surface area contributed by atoms with E-state index in [0.717, 1.165) is 0 Å². The second kappa shape index (κ2) is 13.4. The third-order valence-electron chi connectivity index (χ3n) is 6.97. The van der Waals surface area contributed by atoms with Crippen molar-refractivity contribution in [1.29, 1.82) is 0 Å². The van der Waals surface area contributed by atoms with Crippen LogP contribution in [0, 0.1) is 24.7 Å². The maximum atomic E-state index is 13.9. The lowest BCUT2D eigenvalue weighted by Crippen LogP contribution is -2.66.